The highest BCUT2D eigenvalue weighted by molar-refractivity contribution is 5.71. The van der Waals surface area contributed by atoms with Gasteiger partial charge < -0.3 is 4.74 Å². The van der Waals surface area contributed by atoms with Crippen molar-refractivity contribution in [2.24, 2.45) is 0 Å². The van der Waals surface area contributed by atoms with Crippen molar-refractivity contribution in [3.05, 3.63) is 53.8 Å². The molecule has 2 aromatic carbocycles. The highest BCUT2D eigenvalue weighted by atomic mass is 19.4. The maximum atomic E-state index is 13.2. The predicted octanol–water partition coefficient (Wildman–Crippen LogP) is 5.11. The molecule has 0 N–H and O–H groups in total. The first kappa shape index (κ1) is 15.2. The molecule has 0 radical (unpaired) electrons. The Kier molecular flexibility index (Phi) is 4.11. The second kappa shape index (κ2) is 5.67. The molecule has 112 valence electrons. The summed E-state index contributed by atoms with van der Waals surface area (Å²) in [6, 6.07) is 6.60. The minimum absolute atomic E-state index is 0.0695. The van der Waals surface area contributed by atoms with Crippen LogP contribution in [0.15, 0.2) is 42.5 Å². The lowest BCUT2D eigenvalue weighted by Crippen LogP contribution is -2.06. The van der Waals surface area contributed by atoms with Gasteiger partial charge in [-0.1, -0.05) is 12.1 Å². The van der Waals surface area contributed by atoms with E-state index < -0.39 is 29.9 Å². The van der Waals surface area contributed by atoms with Crippen LogP contribution < -0.4 is 4.74 Å². The van der Waals surface area contributed by atoms with Crippen LogP contribution in [0.3, 0.4) is 0 Å². The lowest BCUT2D eigenvalue weighted by atomic mass is 10.0. The van der Waals surface area contributed by atoms with Gasteiger partial charge in [-0.25, -0.2) is 4.39 Å². The van der Waals surface area contributed by atoms with Crippen molar-refractivity contribution in [3.8, 4) is 16.9 Å². The fourth-order valence-electron chi connectivity index (χ4n) is 1.79. The summed E-state index contributed by atoms with van der Waals surface area (Å²) in [4.78, 5) is 0. The molecule has 0 amide bonds. The number of hydrogen-bond acceptors (Lipinski definition) is 1. The van der Waals surface area contributed by atoms with E-state index in [1.165, 1.54) is 6.07 Å². The Morgan fingerprint density at radius 1 is 0.952 bits per heavy atom. The van der Waals surface area contributed by atoms with Gasteiger partial charge in [0.2, 0.25) is 0 Å². The summed E-state index contributed by atoms with van der Waals surface area (Å²) in [6.45, 7) is -3.17. The van der Waals surface area contributed by atoms with Gasteiger partial charge in [-0.15, -0.1) is 0 Å². The van der Waals surface area contributed by atoms with E-state index in [-0.39, 0.29) is 11.1 Å². The van der Waals surface area contributed by atoms with Crippen LogP contribution in [0.2, 0.25) is 0 Å². The normalized spacial score (nSPS) is 11.8. The Morgan fingerprint density at radius 3 is 2.29 bits per heavy atom. The van der Waals surface area contributed by atoms with Gasteiger partial charge in [0, 0.05) is 5.56 Å². The summed E-state index contributed by atoms with van der Waals surface area (Å²) in [5.74, 6) is -1.17. The Bertz CT molecular complexity index is 636. The predicted molar refractivity (Wildman–Crippen MR) is 63.5 cm³/mol. The van der Waals surface area contributed by atoms with E-state index in [9.17, 15) is 26.3 Å². The van der Waals surface area contributed by atoms with Crippen molar-refractivity contribution in [1.29, 1.82) is 0 Å². The number of alkyl halides is 5. The standard InChI is InChI=1S/C14H8F6O/c15-10-4-5-12(21-13(16)17)11(7-10)8-2-1-3-9(6-8)14(18,19)20/h1-7,13H. The zero-order chi connectivity index (χ0) is 15.6. The molecule has 1 nitrogen and oxygen atoms in total. The smallest absolute Gasteiger partial charge is 0.416 e. The summed E-state index contributed by atoms with van der Waals surface area (Å²) >= 11 is 0. The van der Waals surface area contributed by atoms with Crippen molar-refractivity contribution < 1.29 is 31.1 Å². The van der Waals surface area contributed by atoms with Crippen LogP contribution in [-0.2, 0) is 6.18 Å². The molecular formula is C14H8F6O. The molecule has 0 aliphatic heterocycles. The first-order chi connectivity index (χ1) is 9.77. The van der Waals surface area contributed by atoms with Crippen LogP contribution in [0.5, 0.6) is 5.75 Å². The number of hydrogen-bond donors (Lipinski definition) is 0. The monoisotopic (exact) mass is 306 g/mol. The average Bonchev–Trinajstić information content (AvgIpc) is 2.39. The van der Waals surface area contributed by atoms with Gasteiger partial charge >= 0.3 is 12.8 Å². The van der Waals surface area contributed by atoms with E-state index in [0.29, 0.717) is 0 Å². The second-order valence-electron chi connectivity index (χ2n) is 4.10. The molecule has 0 bridgehead atoms. The van der Waals surface area contributed by atoms with Gasteiger partial charge in [0.05, 0.1) is 5.56 Å². The Labute approximate surface area is 115 Å². The summed E-state index contributed by atoms with van der Waals surface area (Å²) in [5.41, 5.74) is -1.21. The van der Waals surface area contributed by atoms with Crippen LogP contribution in [0.1, 0.15) is 5.56 Å². The highest BCUT2D eigenvalue weighted by Crippen LogP contribution is 2.36. The fourth-order valence-corrected chi connectivity index (χ4v) is 1.79. The van der Waals surface area contributed by atoms with E-state index in [4.69, 9.17) is 0 Å². The molecule has 0 unspecified atom stereocenters. The number of rotatable bonds is 3. The molecule has 7 heteroatoms. The lowest BCUT2D eigenvalue weighted by molar-refractivity contribution is -0.137. The molecule has 2 aromatic rings. The molecule has 0 saturated heterocycles. The molecule has 2 rings (SSSR count). The molecule has 0 atom stereocenters. The van der Waals surface area contributed by atoms with Crippen molar-refractivity contribution >= 4 is 0 Å². The molecule has 0 aliphatic rings. The first-order valence-electron chi connectivity index (χ1n) is 5.69. The van der Waals surface area contributed by atoms with Crippen LogP contribution >= 0.6 is 0 Å². The van der Waals surface area contributed by atoms with E-state index >= 15 is 0 Å². The second-order valence-corrected chi connectivity index (χ2v) is 4.10. The number of halogens is 6. The van der Waals surface area contributed by atoms with Gasteiger partial charge in [0.1, 0.15) is 11.6 Å². The van der Waals surface area contributed by atoms with E-state index in [2.05, 4.69) is 4.74 Å². The summed E-state index contributed by atoms with van der Waals surface area (Å²) in [6.07, 6.45) is -4.59. The van der Waals surface area contributed by atoms with E-state index in [0.717, 1.165) is 36.4 Å². The largest absolute Gasteiger partial charge is 0.434 e. The third-order valence-electron chi connectivity index (χ3n) is 2.66. The highest BCUT2D eigenvalue weighted by Gasteiger charge is 2.30. The molecule has 0 aromatic heterocycles. The molecule has 21 heavy (non-hydrogen) atoms. The zero-order valence-electron chi connectivity index (χ0n) is 10.3. The van der Waals surface area contributed by atoms with Gasteiger partial charge in [0.15, 0.2) is 0 Å². The Morgan fingerprint density at radius 2 is 1.67 bits per heavy atom. The van der Waals surface area contributed by atoms with E-state index in [1.54, 1.807) is 0 Å². The Balaban J connectivity index is 2.53. The van der Waals surface area contributed by atoms with E-state index in [1.807, 2.05) is 0 Å². The topological polar surface area (TPSA) is 9.23 Å². The van der Waals surface area contributed by atoms with Crippen LogP contribution in [0, 0.1) is 5.82 Å². The number of benzene rings is 2. The Hall–Kier alpha value is -2.18. The zero-order valence-corrected chi connectivity index (χ0v) is 10.3. The van der Waals surface area contributed by atoms with Gasteiger partial charge in [0.25, 0.3) is 0 Å². The fraction of sp³-hybridized carbons (Fsp3) is 0.143. The van der Waals surface area contributed by atoms with Gasteiger partial charge in [-0.05, 0) is 35.9 Å². The van der Waals surface area contributed by atoms with Crippen molar-refractivity contribution in [2.45, 2.75) is 12.8 Å². The van der Waals surface area contributed by atoms with Crippen LogP contribution in [0.4, 0.5) is 26.3 Å². The third-order valence-corrected chi connectivity index (χ3v) is 2.66. The summed E-state index contributed by atoms with van der Waals surface area (Å²) in [5, 5.41) is 0. The molecule has 0 saturated carbocycles. The molecule has 0 fully saturated rings. The first-order valence-corrected chi connectivity index (χ1v) is 5.69. The number of ether oxygens (including phenoxy) is 1. The summed E-state index contributed by atoms with van der Waals surface area (Å²) in [7, 11) is 0. The van der Waals surface area contributed by atoms with Crippen molar-refractivity contribution in [2.75, 3.05) is 0 Å². The van der Waals surface area contributed by atoms with Crippen molar-refractivity contribution in [3.63, 3.8) is 0 Å². The summed E-state index contributed by atoms with van der Waals surface area (Å²) < 4.78 is 80.0. The molecular weight excluding hydrogens is 298 g/mol. The SMILES string of the molecule is Fc1ccc(OC(F)F)c(-c2cccc(C(F)(F)F)c2)c1. The van der Waals surface area contributed by atoms with Crippen LogP contribution in [-0.4, -0.2) is 6.61 Å². The van der Waals surface area contributed by atoms with Crippen molar-refractivity contribution in [1.82, 2.24) is 0 Å². The lowest BCUT2D eigenvalue weighted by Gasteiger charge is -2.13. The quantitative estimate of drug-likeness (QED) is 0.716. The van der Waals surface area contributed by atoms with Gasteiger partial charge in [-0.2, -0.15) is 22.0 Å². The molecule has 0 spiro atoms. The average molecular weight is 306 g/mol. The van der Waals surface area contributed by atoms with Gasteiger partial charge in [-0.3, -0.25) is 0 Å². The third kappa shape index (κ3) is 3.68. The maximum Gasteiger partial charge on any atom is 0.416 e. The molecule has 0 heterocycles. The maximum absolute atomic E-state index is 13.2. The minimum atomic E-state index is -4.59. The van der Waals surface area contributed by atoms with Crippen LogP contribution in [0.25, 0.3) is 11.1 Å². The minimum Gasteiger partial charge on any atom is -0.434 e. The molecule has 0 aliphatic carbocycles.